The SMILES string of the molecule is Cc1ccc(CNC(=O)c2cc(C)nc(Nc3ccc(F)c(Cl)c3)n2)cc1. The topological polar surface area (TPSA) is 66.9 Å². The Hall–Kier alpha value is -2.99. The lowest BCUT2D eigenvalue weighted by atomic mass is 10.1. The lowest BCUT2D eigenvalue weighted by molar-refractivity contribution is 0.0945. The van der Waals surface area contributed by atoms with Crippen LogP contribution >= 0.6 is 11.6 Å². The van der Waals surface area contributed by atoms with Gasteiger partial charge in [-0.1, -0.05) is 41.4 Å². The summed E-state index contributed by atoms with van der Waals surface area (Å²) in [4.78, 5) is 20.9. The molecule has 0 aliphatic rings. The van der Waals surface area contributed by atoms with Crippen molar-refractivity contribution < 1.29 is 9.18 Å². The maximum atomic E-state index is 13.3. The van der Waals surface area contributed by atoms with Crippen LogP contribution in [0.4, 0.5) is 16.0 Å². The number of nitrogens with zero attached hydrogens (tertiary/aromatic N) is 2. The van der Waals surface area contributed by atoms with Gasteiger partial charge in [-0.3, -0.25) is 4.79 Å². The third kappa shape index (κ3) is 5.01. The number of amides is 1. The molecule has 1 aromatic heterocycles. The van der Waals surface area contributed by atoms with Crippen molar-refractivity contribution in [2.24, 2.45) is 0 Å². The maximum absolute atomic E-state index is 13.3. The van der Waals surface area contributed by atoms with Crippen molar-refractivity contribution in [3.63, 3.8) is 0 Å². The van der Waals surface area contributed by atoms with Gasteiger partial charge in [0, 0.05) is 17.9 Å². The molecule has 1 amide bonds. The zero-order valence-corrected chi connectivity index (χ0v) is 15.6. The number of nitrogens with one attached hydrogen (secondary N) is 2. The Labute approximate surface area is 161 Å². The predicted molar refractivity (Wildman–Crippen MR) is 104 cm³/mol. The van der Waals surface area contributed by atoms with E-state index in [4.69, 9.17) is 11.6 Å². The Morgan fingerprint density at radius 2 is 1.81 bits per heavy atom. The molecule has 7 heteroatoms. The molecule has 0 unspecified atom stereocenters. The molecule has 0 bridgehead atoms. The quantitative estimate of drug-likeness (QED) is 0.676. The molecule has 2 aromatic carbocycles. The fourth-order valence-electron chi connectivity index (χ4n) is 2.42. The van der Waals surface area contributed by atoms with Gasteiger partial charge in [0.1, 0.15) is 11.5 Å². The summed E-state index contributed by atoms with van der Waals surface area (Å²) in [6, 6.07) is 13.7. The van der Waals surface area contributed by atoms with Crippen LogP contribution in [0.1, 0.15) is 27.3 Å². The van der Waals surface area contributed by atoms with Gasteiger partial charge >= 0.3 is 0 Å². The van der Waals surface area contributed by atoms with E-state index in [1.54, 1.807) is 13.0 Å². The molecule has 3 rings (SSSR count). The van der Waals surface area contributed by atoms with Gasteiger partial charge < -0.3 is 10.6 Å². The van der Waals surface area contributed by atoms with Gasteiger partial charge in [0.15, 0.2) is 0 Å². The highest BCUT2D eigenvalue weighted by Gasteiger charge is 2.11. The number of aryl methyl sites for hydroxylation is 2. The van der Waals surface area contributed by atoms with Crippen LogP contribution in [0, 0.1) is 19.7 Å². The third-order valence-corrected chi connectivity index (χ3v) is 4.13. The molecule has 0 aliphatic heterocycles. The van der Waals surface area contributed by atoms with Crippen LogP contribution in [0.5, 0.6) is 0 Å². The average molecular weight is 385 g/mol. The maximum Gasteiger partial charge on any atom is 0.270 e. The summed E-state index contributed by atoms with van der Waals surface area (Å²) in [5.41, 5.74) is 3.55. The van der Waals surface area contributed by atoms with Crippen molar-refractivity contribution in [3.05, 3.63) is 81.9 Å². The van der Waals surface area contributed by atoms with E-state index >= 15 is 0 Å². The first-order valence-corrected chi connectivity index (χ1v) is 8.70. The lowest BCUT2D eigenvalue weighted by Crippen LogP contribution is -2.24. The number of benzene rings is 2. The number of anilines is 2. The minimum absolute atomic E-state index is 0.0104. The molecule has 5 nitrogen and oxygen atoms in total. The molecule has 0 saturated heterocycles. The minimum atomic E-state index is -0.511. The molecular formula is C20H18ClFN4O. The van der Waals surface area contributed by atoms with E-state index in [1.165, 1.54) is 18.2 Å². The molecule has 0 fully saturated rings. The Morgan fingerprint density at radius 3 is 2.52 bits per heavy atom. The Bertz CT molecular complexity index is 976. The van der Waals surface area contributed by atoms with Gasteiger partial charge in [0.05, 0.1) is 5.02 Å². The molecule has 0 aliphatic carbocycles. The zero-order valence-electron chi connectivity index (χ0n) is 14.9. The predicted octanol–water partition coefficient (Wildman–Crippen LogP) is 4.56. The molecule has 0 saturated carbocycles. The van der Waals surface area contributed by atoms with Crippen LogP contribution in [0.15, 0.2) is 48.5 Å². The summed E-state index contributed by atoms with van der Waals surface area (Å²) in [5.74, 6) is -0.581. The number of halogens is 2. The fraction of sp³-hybridized carbons (Fsp3) is 0.150. The summed E-state index contributed by atoms with van der Waals surface area (Å²) < 4.78 is 13.3. The summed E-state index contributed by atoms with van der Waals surface area (Å²) in [5, 5.41) is 5.77. The molecule has 0 radical (unpaired) electrons. The van der Waals surface area contributed by atoms with E-state index in [0.717, 1.165) is 11.1 Å². The van der Waals surface area contributed by atoms with Gasteiger partial charge in [-0.15, -0.1) is 0 Å². The van der Waals surface area contributed by atoms with Gasteiger partial charge in [-0.2, -0.15) is 0 Å². The molecule has 1 heterocycles. The second-order valence-electron chi connectivity index (χ2n) is 6.14. The standard InChI is InChI=1S/C20H18ClFN4O/c1-12-3-5-14(6-4-12)11-23-19(27)18-9-13(2)24-20(26-18)25-15-7-8-17(22)16(21)10-15/h3-10H,11H2,1-2H3,(H,23,27)(H,24,25,26). The number of carbonyl (C=O) groups excluding carboxylic acids is 1. The van der Waals surface area contributed by atoms with E-state index in [0.29, 0.717) is 17.9 Å². The Kier molecular flexibility index (Phi) is 5.66. The van der Waals surface area contributed by atoms with Crippen LogP contribution in [-0.4, -0.2) is 15.9 Å². The summed E-state index contributed by atoms with van der Waals surface area (Å²) in [6.45, 7) is 4.18. The van der Waals surface area contributed by atoms with Gasteiger partial charge in [0.2, 0.25) is 5.95 Å². The van der Waals surface area contributed by atoms with E-state index in [-0.39, 0.29) is 22.6 Å². The monoisotopic (exact) mass is 384 g/mol. The van der Waals surface area contributed by atoms with Gasteiger partial charge in [-0.05, 0) is 43.7 Å². The molecule has 138 valence electrons. The van der Waals surface area contributed by atoms with Crippen molar-refractivity contribution in [1.29, 1.82) is 0 Å². The fourth-order valence-corrected chi connectivity index (χ4v) is 2.60. The van der Waals surface area contributed by atoms with Crippen molar-refractivity contribution in [2.75, 3.05) is 5.32 Å². The van der Waals surface area contributed by atoms with Gasteiger partial charge in [0.25, 0.3) is 5.91 Å². The second-order valence-corrected chi connectivity index (χ2v) is 6.55. The number of aromatic nitrogens is 2. The highest BCUT2D eigenvalue weighted by Crippen LogP contribution is 2.21. The van der Waals surface area contributed by atoms with Gasteiger partial charge in [-0.25, -0.2) is 14.4 Å². The van der Waals surface area contributed by atoms with Crippen molar-refractivity contribution >= 4 is 29.1 Å². The van der Waals surface area contributed by atoms with Crippen LogP contribution < -0.4 is 10.6 Å². The molecule has 27 heavy (non-hydrogen) atoms. The first-order chi connectivity index (χ1) is 12.9. The van der Waals surface area contributed by atoms with E-state index in [2.05, 4.69) is 20.6 Å². The second kappa shape index (κ2) is 8.14. The van der Waals surface area contributed by atoms with Crippen molar-refractivity contribution in [2.45, 2.75) is 20.4 Å². The van der Waals surface area contributed by atoms with Crippen LogP contribution in [0.2, 0.25) is 5.02 Å². The Balaban J connectivity index is 1.72. The van der Waals surface area contributed by atoms with Crippen LogP contribution in [0.25, 0.3) is 0 Å². The van der Waals surface area contributed by atoms with E-state index in [9.17, 15) is 9.18 Å². The average Bonchev–Trinajstić information content (AvgIpc) is 2.63. The molecule has 0 atom stereocenters. The van der Waals surface area contributed by atoms with E-state index < -0.39 is 5.82 Å². The van der Waals surface area contributed by atoms with Crippen molar-refractivity contribution in [1.82, 2.24) is 15.3 Å². The highest BCUT2D eigenvalue weighted by molar-refractivity contribution is 6.31. The number of carbonyl (C=O) groups is 1. The summed E-state index contributed by atoms with van der Waals surface area (Å²) in [6.07, 6.45) is 0. The molecule has 2 N–H and O–H groups in total. The highest BCUT2D eigenvalue weighted by atomic mass is 35.5. The van der Waals surface area contributed by atoms with Crippen LogP contribution in [0.3, 0.4) is 0 Å². The number of hydrogen-bond donors (Lipinski definition) is 2. The molecule has 3 aromatic rings. The largest absolute Gasteiger partial charge is 0.347 e. The first-order valence-electron chi connectivity index (χ1n) is 8.32. The molecule has 0 spiro atoms. The first kappa shape index (κ1) is 18.8. The van der Waals surface area contributed by atoms with Crippen LogP contribution in [-0.2, 0) is 6.54 Å². The summed E-state index contributed by atoms with van der Waals surface area (Å²) >= 11 is 5.78. The number of rotatable bonds is 5. The lowest BCUT2D eigenvalue weighted by Gasteiger charge is -2.09. The Morgan fingerprint density at radius 1 is 1.07 bits per heavy atom. The van der Waals surface area contributed by atoms with E-state index in [1.807, 2.05) is 31.2 Å². The zero-order chi connectivity index (χ0) is 19.4. The number of hydrogen-bond acceptors (Lipinski definition) is 4. The normalized spacial score (nSPS) is 10.5. The smallest absolute Gasteiger partial charge is 0.270 e. The minimum Gasteiger partial charge on any atom is -0.347 e. The third-order valence-electron chi connectivity index (χ3n) is 3.84. The summed E-state index contributed by atoms with van der Waals surface area (Å²) in [7, 11) is 0. The van der Waals surface area contributed by atoms with Crippen molar-refractivity contribution in [3.8, 4) is 0 Å². The molecular weight excluding hydrogens is 367 g/mol.